The van der Waals surface area contributed by atoms with Crippen LogP contribution in [0.25, 0.3) is 0 Å². The highest BCUT2D eigenvalue weighted by molar-refractivity contribution is 6.36. The molecule has 5 heteroatoms. The van der Waals surface area contributed by atoms with Crippen molar-refractivity contribution in [2.24, 2.45) is 0 Å². The number of carbonyl (C=O) groups is 1. The van der Waals surface area contributed by atoms with Crippen LogP contribution in [-0.4, -0.2) is 20.0 Å². The van der Waals surface area contributed by atoms with Crippen molar-refractivity contribution in [2.75, 3.05) is 14.2 Å². The van der Waals surface area contributed by atoms with Crippen LogP contribution in [0.1, 0.15) is 21.5 Å². The van der Waals surface area contributed by atoms with Gasteiger partial charge in [0.05, 0.1) is 24.3 Å². The normalized spacial score (nSPS) is 10.3. The van der Waals surface area contributed by atoms with E-state index in [1.54, 1.807) is 24.3 Å². The Bertz CT molecular complexity index is 676. The van der Waals surface area contributed by atoms with Crippen molar-refractivity contribution in [3.05, 3.63) is 57.1 Å². The molecule has 3 nitrogen and oxygen atoms in total. The average molecular weight is 325 g/mol. The van der Waals surface area contributed by atoms with E-state index in [2.05, 4.69) is 0 Å². The van der Waals surface area contributed by atoms with Gasteiger partial charge >= 0.3 is 0 Å². The van der Waals surface area contributed by atoms with E-state index in [9.17, 15) is 4.79 Å². The predicted octanol–water partition coefficient (Wildman–Crippen LogP) is 4.55. The minimum absolute atomic E-state index is 0.267. The minimum atomic E-state index is -0.283. The van der Waals surface area contributed by atoms with Crippen LogP contribution in [0.4, 0.5) is 0 Å². The number of benzene rings is 2. The van der Waals surface area contributed by atoms with E-state index < -0.39 is 0 Å². The molecule has 0 radical (unpaired) electrons. The lowest BCUT2D eigenvalue weighted by Crippen LogP contribution is -2.09. The van der Waals surface area contributed by atoms with E-state index in [1.165, 1.54) is 14.2 Å². The molecule has 0 aliphatic carbocycles. The number of halogens is 2. The fourth-order valence-corrected chi connectivity index (χ4v) is 2.71. The summed E-state index contributed by atoms with van der Waals surface area (Å²) < 4.78 is 10.5. The highest BCUT2D eigenvalue weighted by Gasteiger charge is 2.25. The van der Waals surface area contributed by atoms with E-state index in [1.807, 2.05) is 13.0 Å². The van der Waals surface area contributed by atoms with Crippen molar-refractivity contribution in [3.8, 4) is 11.5 Å². The van der Waals surface area contributed by atoms with Crippen molar-refractivity contribution < 1.29 is 14.3 Å². The van der Waals surface area contributed by atoms with Gasteiger partial charge < -0.3 is 9.47 Å². The number of ketones is 1. The van der Waals surface area contributed by atoms with Crippen LogP contribution in [0.2, 0.25) is 10.0 Å². The summed E-state index contributed by atoms with van der Waals surface area (Å²) in [4.78, 5) is 12.9. The maximum atomic E-state index is 12.9. The molecule has 21 heavy (non-hydrogen) atoms. The standard InChI is InChI=1S/C16H14Cl2O3/c1-9-5-4-6-10(17)13(9)15(19)14-12(20-2)8-7-11(18)16(14)21-3/h4-8H,1-3H3. The lowest BCUT2D eigenvalue weighted by atomic mass is 9.97. The molecule has 0 atom stereocenters. The quantitative estimate of drug-likeness (QED) is 0.774. The number of carbonyl (C=O) groups excluding carboxylic acids is 1. The molecule has 2 aromatic rings. The molecule has 0 aliphatic heterocycles. The summed E-state index contributed by atoms with van der Waals surface area (Å²) in [6.45, 7) is 1.82. The van der Waals surface area contributed by atoms with E-state index in [-0.39, 0.29) is 17.1 Å². The molecule has 0 bridgehead atoms. The van der Waals surface area contributed by atoms with Crippen LogP contribution >= 0.6 is 23.2 Å². The highest BCUT2D eigenvalue weighted by Crippen LogP contribution is 2.38. The van der Waals surface area contributed by atoms with Crippen molar-refractivity contribution >= 4 is 29.0 Å². The smallest absolute Gasteiger partial charge is 0.202 e. The van der Waals surface area contributed by atoms with Crippen molar-refractivity contribution in [3.63, 3.8) is 0 Å². The summed E-state index contributed by atoms with van der Waals surface area (Å²) >= 11 is 12.3. The fourth-order valence-electron chi connectivity index (χ4n) is 2.17. The highest BCUT2D eigenvalue weighted by atomic mass is 35.5. The number of hydrogen-bond acceptors (Lipinski definition) is 3. The SMILES string of the molecule is COc1ccc(Cl)c(OC)c1C(=O)c1c(C)cccc1Cl. The maximum Gasteiger partial charge on any atom is 0.202 e. The van der Waals surface area contributed by atoms with E-state index in [0.29, 0.717) is 21.4 Å². The first-order valence-corrected chi connectivity index (χ1v) is 6.97. The number of ether oxygens (including phenoxy) is 2. The van der Waals surface area contributed by atoms with Gasteiger partial charge in [0.15, 0.2) is 5.75 Å². The van der Waals surface area contributed by atoms with Gasteiger partial charge in [-0.15, -0.1) is 0 Å². The summed E-state index contributed by atoms with van der Waals surface area (Å²) in [5.41, 5.74) is 1.46. The average Bonchev–Trinajstić information content (AvgIpc) is 2.46. The van der Waals surface area contributed by atoms with Crippen LogP contribution in [0.5, 0.6) is 11.5 Å². The second kappa shape index (κ2) is 6.37. The second-order valence-corrected chi connectivity index (χ2v) is 5.23. The van der Waals surface area contributed by atoms with Gasteiger partial charge in [0.2, 0.25) is 5.78 Å². The largest absolute Gasteiger partial charge is 0.496 e. The van der Waals surface area contributed by atoms with Crippen LogP contribution in [-0.2, 0) is 0 Å². The van der Waals surface area contributed by atoms with Gasteiger partial charge in [0, 0.05) is 5.56 Å². The molecule has 0 aliphatic rings. The second-order valence-electron chi connectivity index (χ2n) is 4.42. The third-order valence-corrected chi connectivity index (χ3v) is 3.78. The number of aryl methyl sites for hydroxylation is 1. The summed E-state index contributed by atoms with van der Waals surface area (Å²) in [6, 6.07) is 8.54. The first-order valence-electron chi connectivity index (χ1n) is 6.21. The van der Waals surface area contributed by atoms with Gasteiger partial charge in [-0.1, -0.05) is 35.3 Å². The van der Waals surface area contributed by atoms with E-state index in [0.717, 1.165) is 5.56 Å². The van der Waals surface area contributed by atoms with E-state index >= 15 is 0 Å². The van der Waals surface area contributed by atoms with Crippen LogP contribution in [0, 0.1) is 6.92 Å². The fraction of sp³-hybridized carbons (Fsp3) is 0.188. The molecule has 0 heterocycles. The Labute approximate surface area is 133 Å². The molecule has 0 aromatic heterocycles. The van der Waals surface area contributed by atoms with Crippen molar-refractivity contribution in [1.82, 2.24) is 0 Å². The molecule has 2 aromatic carbocycles. The first kappa shape index (κ1) is 15.7. The molecule has 0 saturated heterocycles. The van der Waals surface area contributed by atoms with Crippen LogP contribution in [0.3, 0.4) is 0 Å². The monoisotopic (exact) mass is 324 g/mol. The third kappa shape index (κ3) is 2.85. The van der Waals surface area contributed by atoms with Crippen LogP contribution < -0.4 is 9.47 Å². The van der Waals surface area contributed by atoms with Gasteiger partial charge in [0.25, 0.3) is 0 Å². The molecule has 110 valence electrons. The maximum absolute atomic E-state index is 12.9. The molecule has 0 unspecified atom stereocenters. The van der Waals surface area contributed by atoms with Crippen molar-refractivity contribution in [1.29, 1.82) is 0 Å². The lowest BCUT2D eigenvalue weighted by Gasteiger charge is -2.15. The number of rotatable bonds is 4. The minimum Gasteiger partial charge on any atom is -0.496 e. The Morgan fingerprint density at radius 3 is 2.24 bits per heavy atom. The molecule has 0 saturated carbocycles. The summed E-state index contributed by atoms with van der Waals surface area (Å²) in [5, 5.41) is 0.718. The topological polar surface area (TPSA) is 35.5 Å². The number of methoxy groups -OCH3 is 2. The molecule has 0 N–H and O–H groups in total. The lowest BCUT2D eigenvalue weighted by molar-refractivity contribution is 0.103. The van der Waals surface area contributed by atoms with Crippen LogP contribution in [0.15, 0.2) is 30.3 Å². The summed E-state index contributed by atoms with van der Waals surface area (Å²) in [5.74, 6) is 0.384. The Balaban J connectivity index is 2.71. The molecule has 2 rings (SSSR count). The zero-order valence-corrected chi connectivity index (χ0v) is 13.4. The van der Waals surface area contributed by atoms with Gasteiger partial charge in [-0.2, -0.15) is 0 Å². The summed E-state index contributed by atoms with van der Waals surface area (Å²) in [6.07, 6.45) is 0. The van der Waals surface area contributed by atoms with Gasteiger partial charge in [-0.25, -0.2) is 0 Å². The Morgan fingerprint density at radius 1 is 0.952 bits per heavy atom. The molecular formula is C16H14Cl2O3. The zero-order valence-electron chi connectivity index (χ0n) is 11.9. The molecule has 0 spiro atoms. The van der Waals surface area contributed by atoms with Crippen molar-refractivity contribution in [2.45, 2.75) is 6.92 Å². The van der Waals surface area contributed by atoms with Gasteiger partial charge in [-0.3, -0.25) is 4.79 Å². The Hall–Kier alpha value is -1.71. The molecular weight excluding hydrogens is 311 g/mol. The third-order valence-electron chi connectivity index (χ3n) is 3.17. The number of hydrogen-bond donors (Lipinski definition) is 0. The first-order chi connectivity index (χ1) is 10.0. The molecule has 0 amide bonds. The molecule has 0 fully saturated rings. The van der Waals surface area contributed by atoms with E-state index in [4.69, 9.17) is 32.7 Å². The van der Waals surface area contributed by atoms with Gasteiger partial charge in [-0.05, 0) is 30.7 Å². The van der Waals surface area contributed by atoms with Gasteiger partial charge in [0.1, 0.15) is 11.3 Å². The Morgan fingerprint density at radius 2 is 1.67 bits per heavy atom. The predicted molar refractivity (Wildman–Crippen MR) is 84.2 cm³/mol. The summed E-state index contributed by atoms with van der Waals surface area (Å²) in [7, 11) is 2.94. The Kier molecular flexibility index (Phi) is 4.76. The zero-order chi connectivity index (χ0) is 15.6.